The molecular formula is C13H23NO4. The van der Waals surface area contributed by atoms with Crippen molar-refractivity contribution >= 4 is 11.9 Å². The molecule has 104 valence electrons. The number of hydrogen-bond donors (Lipinski definition) is 3. The normalized spacial score (nSPS) is 26.6. The second-order valence-electron chi connectivity index (χ2n) is 5.36. The number of aliphatic hydroxyl groups is 1. The molecule has 18 heavy (non-hydrogen) atoms. The van der Waals surface area contributed by atoms with Crippen molar-refractivity contribution in [3.63, 3.8) is 0 Å². The Balaban J connectivity index is 2.66. The lowest BCUT2D eigenvalue weighted by Crippen LogP contribution is -2.49. The summed E-state index contributed by atoms with van der Waals surface area (Å²) in [6.45, 7) is 3.84. The highest BCUT2D eigenvalue weighted by molar-refractivity contribution is 5.85. The number of nitrogens with one attached hydrogen (secondary N) is 1. The molecule has 1 aliphatic rings. The summed E-state index contributed by atoms with van der Waals surface area (Å²) >= 11 is 0. The van der Waals surface area contributed by atoms with E-state index in [4.69, 9.17) is 10.2 Å². The Morgan fingerprint density at radius 1 is 1.33 bits per heavy atom. The zero-order chi connectivity index (χ0) is 13.8. The number of hydrogen-bond acceptors (Lipinski definition) is 3. The van der Waals surface area contributed by atoms with Crippen LogP contribution in [0.1, 0.15) is 46.0 Å². The van der Waals surface area contributed by atoms with E-state index in [0.29, 0.717) is 25.7 Å². The summed E-state index contributed by atoms with van der Waals surface area (Å²) in [6.07, 6.45) is 3.21. The third kappa shape index (κ3) is 3.45. The fraction of sp³-hybridized carbons (Fsp3) is 0.846. The first-order valence-corrected chi connectivity index (χ1v) is 6.59. The zero-order valence-electron chi connectivity index (χ0n) is 11.1. The van der Waals surface area contributed by atoms with Gasteiger partial charge in [-0.05, 0) is 32.6 Å². The maximum atomic E-state index is 12.2. The molecule has 0 aromatic heterocycles. The lowest BCUT2D eigenvalue weighted by molar-refractivity contribution is -0.146. The summed E-state index contributed by atoms with van der Waals surface area (Å²) in [5.74, 6) is -2.04. The molecule has 1 unspecified atom stereocenters. The Hall–Kier alpha value is -1.10. The van der Waals surface area contributed by atoms with Crippen molar-refractivity contribution in [1.82, 2.24) is 5.32 Å². The van der Waals surface area contributed by atoms with E-state index in [-0.39, 0.29) is 12.5 Å². The molecular weight excluding hydrogens is 234 g/mol. The van der Waals surface area contributed by atoms with Crippen LogP contribution in [0.5, 0.6) is 0 Å². The monoisotopic (exact) mass is 257 g/mol. The van der Waals surface area contributed by atoms with E-state index in [1.807, 2.05) is 13.8 Å². The Kier molecular flexibility index (Phi) is 5.14. The first-order valence-electron chi connectivity index (χ1n) is 6.59. The summed E-state index contributed by atoms with van der Waals surface area (Å²) in [6, 6.07) is 0. The van der Waals surface area contributed by atoms with Crippen LogP contribution in [0.3, 0.4) is 0 Å². The maximum absolute atomic E-state index is 12.2. The van der Waals surface area contributed by atoms with Gasteiger partial charge >= 0.3 is 5.97 Å². The highest BCUT2D eigenvalue weighted by Crippen LogP contribution is 2.32. The fourth-order valence-electron chi connectivity index (χ4n) is 2.53. The van der Waals surface area contributed by atoms with Crippen LogP contribution in [0, 0.1) is 11.8 Å². The number of amides is 1. The lowest BCUT2D eigenvalue weighted by Gasteiger charge is -2.31. The van der Waals surface area contributed by atoms with Crippen molar-refractivity contribution in [2.24, 2.45) is 11.8 Å². The van der Waals surface area contributed by atoms with Crippen molar-refractivity contribution in [2.45, 2.75) is 51.5 Å². The number of carboxylic acid groups (broad SMARTS) is 1. The predicted molar refractivity (Wildman–Crippen MR) is 67.0 cm³/mol. The molecule has 3 N–H and O–H groups in total. The highest BCUT2D eigenvalue weighted by Gasteiger charge is 2.39. The molecule has 1 aliphatic carbocycles. The van der Waals surface area contributed by atoms with E-state index in [9.17, 15) is 9.59 Å². The number of carbonyl (C=O) groups is 2. The Morgan fingerprint density at radius 3 is 2.44 bits per heavy atom. The largest absolute Gasteiger partial charge is 0.481 e. The van der Waals surface area contributed by atoms with Gasteiger partial charge in [0.1, 0.15) is 0 Å². The summed E-state index contributed by atoms with van der Waals surface area (Å²) < 4.78 is 0. The van der Waals surface area contributed by atoms with E-state index in [1.54, 1.807) is 0 Å². The van der Waals surface area contributed by atoms with E-state index in [2.05, 4.69) is 5.32 Å². The van der Waals surface area contributed by atoms with Crippen molar-refractivity contribution in [3.8, 4) is 0 Å². The molecule has 0 bridgehead atoms. The van der Waals surface area contributed by atoms with Crippen molar-refractivity contribution in [2.75, 3.05) is 6.61 Å². The van der Waals surface area contributed by atoms with E-state index in [1.165, 1.54) is 0 Å². The van der Waals surface area contributed by atoms with Crippen molar-refractivity contribution in [1.29, 1.82) is 0 Å². The Bertz CT molecular complexity index is 318. The first kappa shape index (κ1) is 15.0. The number of aliphatic carboxylic acids is 1. The predicted octanol–water partition coefficient (Wildman–Crippen LogP) is 1.15. The summed E-state index contributed by atoms with van der Waals surface area (Å²) in [4.78, 5) is 23.2. The number of aliphatic hydroxyl groups excluding tert-OH is 1. The van der Waals surface area contributed by atoms with Crippen molar-refractivity contribution < 1.29 is 19.8 Å². The maximum Gasteiger partial charge on any atom is 0.307 e. The molecule has 1 rings (SSSR count). The summed E-state index contributed by atoms with van der Waals surface area (Å²) in [5.41, 5.74) is -0.447. The first-order chi connectivity index (χ1) is 8.43. The van der Waals surface area contributed by atoms with E-state index in [0.717, 1.165) is 6.42 Å². The van der Waals surface area contributed by atoms with Crippen LogP contribution in [0.15, 0.2) is 0 Å². The number of rotatable bonds is 6. The van der Waals surface area contributed by atoms with Crippen molar-refractivity contribution in [3.05, 3.63) is 0 Å². The molecule has 1 saturated carbocycles. The van der Waals surface area contributed by atoms with Gasteiger partial charge in [-0.3, -0.25) is 9.59 Å². The lowest BCUT2D eigenvalue weighted by atomic mass is 9.90. The van der Waals surface area contributed by atoms with Gasteiger partial charge in [0.15, 0.2) is 0 Å². The average Bonchev–Trinajstić information content (AvgIpc) is 2.78. The van der Waals surface area contributed by atoms with Gasteiger partial charge < -0.3 is 15.5 Å². The van der Waals surface area contributed by atoms with Crippen LogP contribution in [0.4, 0.5) is 0 Å². The zero-order valence-corrected chi connectivity index (χ0v) is 11.1. The molecule has 0 heterocycles. The minimum atomic E-state index is -0.881. The second-order valence-corrected chi connectivity index (χ2v) is 5.36. The van der Waals surface area contributed by atoms with Gasteiger partial charge in [0.05, 0.1) is 11.8 Å². The minimum Gasteiger partial charge on any atom is -0.481 e. The molecule has 0 saturated heterocycles. The molecule has 0 aromatic carbocycles. The van der Waals surface area contributed by atoms with Crippen LogP contribution in [0.2, 0.25) is 0 Å². The molecule has 0 aliphatic heterocycles. The van der Waals surface area contributed by atoms with Crippen LogP contribution in [0.25, 0.3) is 0 Å². The topological polar surface area (TPSA) is 86.6 Å². The number of carboxylic acids is 1. The minimum absolute atomic E-state index is 0.0116. The van der Waals surface area contributed by atoms with Crippen LogP contribution in [-0.2, 0) is 9.59 Å². The van der Waals surface area contributed by atoms with Crippen LogP contribution >= 0.6 is 0 Å². The summed E-state index contributed by atoms with van der Waals surface area (Å²) in [7, 11) is 0. The SMILES string of the molecule is CCC(C)(CCO)NC(=O)[C@@H]1CCC[C@@H]1C(=O)O. The molecule has 3 atom stereocenters. The van der Waals surface area contributed by atoms with Crippen LogP contribution in [-0.4, -0.2) is 34.2 Å². The molecule has 1 amide bonds. The number of carbonyl (C=O) groups excluding carboxylic acids is 1. The van der Waals surface area contributed by atoms with E-state index >= 15 is 0 Å². The standard InChI is InChI=1S/C13H23NO4/c1-3-13(2,7-8-15)14-11(16)9-5-4-6-10(9)12(17)18/h9-10,15H,3-8H2,1-2H3,(H,14,16)(H,17,18)/t9-,10+,13?/m1/s1. The van der Waals surface area contributed by atoms with Gasteiger partial charge in [0.25, 0.3) is 0 Å². The van der Waals surface area contributed by atoms with E-state index < -0.39 is 23.3 Å². The molecule has 5 heteroatoms. The Morgan fingerprint density at radius 2 is 1.94 bits per heavy atom. The quantitative estimate of drug-likeness (QED) is 0.666. The second kappa shape index (κ2) is 6.18. The highest BCUT2D eigenvalue weighted by atomic mass is 16.4. The molecule has 0 radical (unpaired) electrons. The third-order valence-corrected chi connectivity index (χ3v) is 4.04. The van der Waals surface area contributed by atoms with Crippen LogP contribution < -0.4 is 5.32 Å². The van der Waals surface area contributed by atoms with Gasteiger partial charge in [-0.15, -0.1) is 0 Å². The smallest absolute Gasteiger partial charge is 0.307 e. The molecule has 1 fully saturated rings. The van der Waals surface area contributed by atoms with Gasteiger partial charge in [-0.1, -0.05) is 13.3 Å². The average molecular weight is 257 g/mol. The van der Waals surface area contributed by atoms with Gasteiger partial charge in [0, 0.05) is 12.1 Å². The third-order valence-electron chi connectivity index (χ3n) is 4.04. The van der Waals surface area contributed by atoms with Gasteiger partial charge in [0.2, 0.25) is 5.91 Å². The van der Waals surface area contributed by atoms with Gasteiger partial charge in [-0.25, -0.2) is 0 Å². The summed E-state index contributed by atoms with van der Waals surface area (Å²) in [5, 5.41) is 21.0. The molecule has 5 nitrogen and oxygen atoms in total. The fourth-order valence-corrected chi connectivity index (χ4v) is 2.53. The Labute approximate surface area is 108 Å². The van der Waals surface area contributed by atoms with Gasteiger partial charge in [-0.2, -0.15) is 0 Å². The molecule has 0 spiro atoms. The molecule has 0 aromatic rings.